The summed E-state index contributed by atoms with van der Waals surface area (Å²) in [6.07, 6.45) is 8.00. The third-order valence-electron chi connectivity index (χ3n) is 6.35. The lowest BCUT2D eigenvalue weighted by atomic mass is 10.0. The Morgan fingerprint density at radius 2 is 1.79 bits per heavy atom. The Bertz CT molecular complexity index is 1140. The minimum absolute atomic E-state index is 0.195. The molecule has 2 fully saturated rings. The van der Waals surface area contributed by atoms with Crippen LogP contribution in [0.1, 0.15) is 76.7 Å². The Kier molecular flexibility index (Phi) is 6.04. The van der Waals surface area contributed by atoms with Gasteiger partial charge in [0.2, 0.25) is 5.88 Å². The number of anilines is 2. The van der Waals surface area contributed by atoms with Crippen molar-refractivity contribution in [2.75, 3.05) is 5.32 Å². The van der Waals surface area contributed by atoms with E-state index in [0.29, 0.717) is 23.2 Å². The number of aromatic nitrogens is 4. The fourth-order valence-corrected chi connectivity index (χ4v) is 4.54. The topological polar surface area (TPSA) is 94.3 Å². The predicted molar refractivity (Wildman–Crippen MR) is 130 cm³/mol. The van der Waals surface area contributed by atoms with Crippen LogP contribution in [0.2, 0.25) is 0 Å². The van der Waals surface area contributed by atoms with Gasteiger partial charge in [-0.05, 0) is 71.6 Å². The van der Waals surface area contributed by atoms with Crippen LogP contribution in [-0.2, 0) is 10.3 Å². The van der Waals surface area contributed by atoms with Crippen molar-refractivity contribution in [2.45, 2.75) is 83.1 Å². The molecule has 180 valence electrons. The third kappa shape index (κ3) is 5.23. The van der Waals surface area contributed by atoms with Crippen LogP contribution in [0.4, 0.5) is 11.5 Å². The summed E-state index contributed by atoms with van der Waals surface area (Å²) in [6, 6.07) is 9.72. The molecule has 3 atom stereocenters. The summed E-state index contributed by atoms with van der Waals surface area (Å²) in [4.78, 5) is 8.69. The molecule has 2 aliphatic rings. The standard InChI is InChI=1S/C26H33N5O3/c1-16-11-20(12-17(2)33-16)31-25(15-22(30-31)18-5-6-18)34-21-8-10-28-24(14-21)29-19-7-9-27-23(13-19)26(3,4)32/h7-10,13-18,20,32H,5-6,11-12H2,1-4H3,(H,27,28,29)/t16-,17+,20+. The van der Waals surface area contributed by atoms with E-state index in [9.17, 15) is 5.11 Å². The normalized spacial score (nSPS) is 23.0. The second kappa shape index (κ2) is 9.00. The third-order valence-corrected chi connectivity index (χ3v) is 6.35. The van der Waals surface area contributed by atoms with Gasteiger partial charge in [0.05, 0.1) is 29.6 Å². The van der Waals surface area contributed by atoms with Gasteiger partial charge in [-0.1, -0.05) is 0 Å². The summed E-state index contributed by atoms with van der Waals surface area (Å²) in [5.74, 6) is 2.64. The highest BCUT2D eigenvalue weighted by Crippen LogP contribution is 2.43. The second-order valence-electron chi connectivity index (χ2n) is 10.1. The number of hydrogen-bond donors (Lipinski definition) is 2. The van der Waals surface area contributed by atoms with Crippen LogP contribution < -0.4 is 10.1 Å². The van der Waals surface area contributed by atoms with E-state index in [1.807, 2.05) is 24.3 Å². The maximum absolute atomic E-state index is 10.3. The van der Waals surface area contributed by atoms with Gasteiger partial charge < -0.3 is 19.9 Å². The molecule has 34 heavy (non-hydrogen) atoms. The van der Waals surface area contributed by atoms with E-state index < -0.39 is 5.60 Å². The van der Waals surface area contributed by atoms with Crippen molar-refractivity contribution in [3.8, 4) is 11.6 Å². The summed E-state index contributed by atoms with van der Waals surface area (Å²) in [5, 5.41) is 18.5. The Balaban J connectivity index is 1.37. The van der Waals surface area contributed by atoms with E-state index in [0.717, 1.165) is 30.1 Å². The molecule has 1 saturated heterocycles. The maximum Gasteiger partial charge on any atom is 0.218 e. The average molecular weight is 464 g/mol. The molecule has 0 radical (unpaired) electrons. The van der Waals surface area contributed by atoms with E-state index in [2.05, 4.69) is 39.9 Å². The first kappa shape index (κ1) is 22.8. The van der Waals surface area contributed by atoms with Crippen LogP contribution >= 0.6 is 0 Å². The van der Waals surface area contributed by atoms with Crippen molar-refractivity contribution in [3.63, 3.8) is 0 Å². The quantitative estimate of drug-likeness (QED) is 0.482. The van der Waals surface area contributed by atoms with Crippen molar-refractivity contribution < 1.29 is 14.6 Å². The monoisotopic (exact) mass is 463 g/mol. The fraction of sp³-hybridized carbons (Fsp3) is 0.500. The van der Waals surface area contributed by atoms with E-state index >= 15 is 0 Å². The largest absolute Gasteiger partial charge is 0.439 e. The van der Waals surface area contributed by atoms with Gasteiger partial charge in [-0.3, -0.25) is 4.98 Å². The van der Waals surface area contributed by atoms with Gasteiger partial charge >= 0.3 is 0 Å². The van der Waals surface area contributed by atoms with Gasteiger partial charge in [0, 0.05) is 36.1 Å². The lowest BCUT2D eigenvalue weighted by Gasteiger charge is -2.32. The highest BCUT2D eigenvalue weighted by Gasteiger charge is 2.32. The highest BCUT2D eigenvalue weighted by molar-refractivity contribution is 5.57. The lowest BCUT2D eigenvalue weighted by Crippen LogP contribution is -2.31. The molecular formula is C26H33N5O3. The maximum atomic E-state index is 10.3. The van der Waals surface area contributed by atoms with Crippen LogP contribution in [0.5, 0.6) is 11.6 Å². The van der Waals surface area contributed by atoms with E-state index in [4.69, 9.17) is 14.6 Å². The number of aliphatic hydroxyl groups is 1. The van der Waals surface area contributed by atoms with Crippen LogP contribution in [-0.4, -0.2) is 37.1 Å². The molecule has 3 aromatic heterocycles. The molecule has 3 aromatic rings. The number of pyridine rings is 2. The van der Waals surface area contributed by atoms with E-state index in [1.165, 1.54) is 12.8 Å². The molecule has 0 bridgehead atoms. The molecule has 5 rings (SSSR count). The van der Waals surface area contributed by atoms with Crippen molar-refractivity contribution in [3.05, 3.63) is 54.1 Å². The smallest absolute Gasteiger partial charge is 0.218 e. The molecule has 2 N–H and O–H groups in total. The SMILES string of the molecule is C[C@@H]1C[C@H](n2nc(C3CC3)cc2Oc2ccnc(Nc3ccnc(C(C)(C)O)c3)c2)C[C@H](C)O1. The van der Waals surface area contributed by atoms with Crippen LogP contribution in [0.15, 0.2) is 42.7 Å². The van der Waals surface area contributed by atoms with Crippen LogP contribution in [0.25, 0.3) is 0 Å². The lowest BCUT2D eigenvalue weighted by molar-refractivity contribution is -0.0514. The van der Waals surface area contributed by atoms with Gasteiger partial charge in [-0.2, -0.15) is 5.10 Å². The zero-order valence-corrected chi connectivity index (χ0v) is 20.2. The molecule has 0 unspecified atom stereocenters. The van der Waals surface area contributed by atoms with Gasteiger partial charge in [0.25, 0.3) is 0 Å². The Labute approximate surface area is 200 Å². The molecule has 0 spiro atoms. The molecule has 0 amide bonds. The van der Waals surface area contributed by atoms with Gasteiger partial charge in [0.1, 0.15) is 17.2 Å². The molecular weight excluding hydrogens is 430 g/mol. The van der Waals surface area contributed by atoms with E-state index in [-0.39, 0.29) is 18.2 Å². The number of rotatable bonds is 7. The first-order valence-electron chi connectivity index (χ1n) is 12.1. The summed E-state index contributed by atoms with van der Waals surface area (Å²) in [7, 11) is 0. The van der Waals surface area contributed by atoms with E-state index in [1.54, 1.807) is 26.2 Å². The molecule has 0 aromatic carbocycles. The number of nitrogens with zero attached hydrogens (tertiary/aromatic N) is 4. The minimum atomic E-state index is -1.02. The van der Waals surface area contributed by atoms with Gasteiger partial charge in [-0.25, -0.2) is 9.67 Å². The average Bonchev–Trinajstić information content (AvgIpc) is 3.53. The van der Waals surface area contributed by atoms with Crippen molar-refractivity contribution >= 4 is 11.5 Å². The first-order valence-corrected chi connectivity index (χ1v) is 12.1. The van der Waals surface area contributed by atoms with Gasteiger partial charge in [0.15, 0.2) is 0 Å². The minimum Gasteiger partial charge on any atom is -0.439 e. The Morgan fingerprint density at radius 3 is 2.50 bits per heavy atom. The molecule has 1 saturated carbocycles. The Hall–Kier alpha value is -2.97. The second-order valence-corrected chi connectivity index (χ2v) is 10.1. The molecule has 8 heteroatoms. The van der Waals surface area contributed by atoms with Crippen LogP contribution in [0, 0.1) is 0 Å². The summed E-state index contributed by atoms with van der Waals surface area (Å²) < 4.78 is 14.4. The van der Waals surface area contributed by atoms with Crippen molar-refractivity contribution in [1.29, 1.82) is 0 Å². The van der Waals surface area contributed by atoms with Crippen molar-refractivity contribution in [2.24, 2.45) is 0 Å². The molecule has 8 nitrogen and oxygen atoms in total. The number of ether oxygens (including phenoxy) is 2. The van der Waals surface area contributed by atoms with Gasteiger partial charge in [-0.15, -0.1) is 0 Å². The van der Waals surface area contributed by atoms with Crippen LogP contribution in [0.3, 0.4) is 0 Å². The molecule has 1 aliphatic heterocycles. The number of hydrogen-bond acceptors (Lipinski definition) is 7. The molecule has 4 heterocycles. The zero-order chi connectivity index (χ0) is 23.9. The summed E-state index contributed by atoms with van der Waals surface area (Å²) in [6.45, 7) is 7.67. The first-order chi connectivity index (χ1) is 16.2. The summed E-state index contributed by atoms with van der Waals surface area (Å²) in [5.41, 5.74) is 1.47. The fourth-order valence-electron chi connectivity index (χ4n) is 4.54. The number of nitrogens with one attached hydrogen (secondary N) is 1. The highest BCUT2D eigenvalue weighted by atomic mass is 16.5. The predicted octanol–water partition coefficient (Wildman–Crippen LogP) is 5.44. The van der Waals surface area contributed by atoms with Crippen molar-refractivity contribution in [1.82, 2.24) is 19.7 Å². The summed E-state index contributed by atoms with van der Waals surface area (Å²) >= 11 is 0. The molecule has 1 aliphatic carbocycles. The zero-order valence-electron chi connectivity index (χ0n) is 20.2. The Morgan fingerprint density at radius 1 is 1.06 bits per heavy atom.